The molecule has 11 nitrogen and oxygen atoms in total. The van der Waals surface area contributed by atoms with E-state index in [9.17, 15) is 28.0 Å². The Labute approximate surface area is 248 Å². The molecule has 0 saturated heterocycles. The molecule has 0 bridgehead atoms. The largest absolute Gasteiger partial charge is 0.436 e. The lowest BCUT2D eigenvalue weighted by Crippen LogP contribution is -2.37. The predicted octanol–water partition coefficient (Wildman–Crippen LogP) is 4.07. The second-order valence-electron chi connectivity index (χ2n) is 11.8. The van der Waals surface area contributed by atoms with Crippen LogP contribution in [0.3, 0.4) is 0 Å². The normalized spacial score (nSPS) is 12.4. The van der Waals surface area contributed by atoms with Gasteiger partial charge in [-0.15, -0.1) is 0 Å². The zero-order valence-electron chi connectivity index (χ0n) is 25.5. The highest BCUT2D eigenvalue weighted by Gasteiger charge is 2.25. The lowest BCUT2D eigenvalue weighted by molar-refractivity contribution is -0.125. The molecule has 1 unspecified atom stereocenters. The maximum absolute atomic E-state index is 14.7. The van der Waals surface area contributed by atoms with Gasteiger partial charge in [-0.05, 0) is 42.9 Å². The van der Waals surface area contributed by atoms with Crippen LogP contribution in [-0.4, -0.2) is 76.5 Å². The van der Waals surface area contributed by atoms with Gasteiger partial charge in [0.2, 0.25) is 5.91 Å². The van der Waals surface area contributed by atoms with Gasteiger partial charge in [-0.25, -0.2) is 18.6 Å². The number of allylic oxidation sites excluding steroid dienone is 1. The van der Waals surface area contributed by atoms with Crippen molar-refractivity contribution in [1.82, 2.24) is 24.3 Å². The fourth-order valence-electron chi connectivity index (χ4n) is 4.16. The van der Waals surface area contributed by atoms with E-state index in [1.54, 1.807) is 26.2 Å². The molecule has 232 valence electrons. The summed E-state index contributed by atoms with van der Waals surface area (Å²) in [6.07, 6.45) is 2.98. The number of pyridine rings is 1. The number of H-pyrrole nitrogens is 1. The van der Waals surface area contributed by atoms with Gasteiger partial charge in [0, 0.05) is 46.0 Å². The van der Waals surface area contributed by atoms with Crippen molar-refractivity contribution < 1.29 is 27.9 Å². The standard InChI is InChI=1S/C30H38F2N6O5/c1-30(2,3)16-18-25(32)19(31)15-21-26(18)35-23(33-21)17-38-14-10-11-20(28(38)41)34-27(40)22(43-29(42)37(6)7)12-8-9-13-24(39)36(4)5/h9-11,13-15,22H,8,12,16-17H2,1-7H3,(H,33,35)(H,34,40)/b13-9+. The third-order valence-electron chi connectivity index (χ3n) is 6.32. The number of imidazole rings is 1. The zero-order chi connectivity index (χ0) is 32.1. The molecule has 0 aliphatic rings. The van der Waals surface area contributed by atoms with Crippen LogP contribution in [0.25, 0.3) is 11.0 Å². The Morgan fingerprint density at radius 1 is 1.16 bits per heavy atom. The smallest absolute Gasteiger partial charge is 0.410 e. The minimum atomic E-state index is -1.25. The molecular formula is C30H38F2N6O5. The number of hydrogen-bond donors (Lipinski definition) is 2. The van der Waals surface area contributed by atoms with Crippen molar-refractivity contribution in [1.29, 1.82) is 0 Å². The van der Waals surface area contributed by atoms with E-state index in [4.69, 9.17) is 4.74 Å². The maximum atomic E-state index is 14.7. The lowest BCUT2D eigenvalue weighted by Gasteiger charge is -2.19. The molecule has 2 heterocycles. The Morgan fingerprint density at radius 3 is 2.49 bits per heavy atom. The number of likely N-dealkylation sites (N-methyl/N-ethyl adjacent to an activating group) is 1. The van der Waals surface area contributed by atoms with Crippen LogP contribution in [0.2, 0.25) is 0 Å². The summed E-state index contributed by atoms with van der Waals surface area (Å²) in [6.45, 7) is 5.65. The summed E-state index contributed by atoms with van der Waals surface area (Å²) >= 11 is 0. The van der Waals surface area contributed by atoms with E-state index in [1.807, 2.05) is 20.8 Å². The second kappa shape index (κ2) is 13.6. The first kappa shape index (κ1) is 33.0. The second-order valence-corrected chi connectivity index (χ2v) is 11.8. The number of nitrogens with zero attached hydrogens (tertiary/aromatic N) is 4. The minimum Gasteiger partial charge on any atom is -0.436 e. The van der Waals surface area contributed by atoms with Crippen molar-refractivity contribution in [2.75, 3.05) is 33.5 Å². The Morgan fingerprint density at radius 2 is 1.86 bits per heavy atom. The molecule has 1 atom stereocenters. The van der Waals surface area contributed by atoms with E-state index in [2.05, 4.69) is 15.3 Å². The Balaban J connectivity index is 1.83. The molecule has 0 spiro atoms. The highest BCUT2D eigenvalue weighted by molar-refractivity contribution is 5.95. The molecule has 0 saturated carbocycles. The van der Waals surface area contributed by atoms with Gasteiger partial charge in [0.1, 0.15) is 11.5 Å². The van der Waals surface area contributed by atoms with E-state index in [0.29, 0.717) is 5.52 Å². The Hall–Kier alpha value is -4.55. The monoisotopic (exact) mass is 600 g/mol. The summed E-state index contributed by atoms with van der Waals surface area (Å²) in [6, 6.07) is 3.98. The number of aromatic amines is 1. The van der Waals surface area contributed by atoms with Gasteiger partial charge in [-0.2, -0.15) is 0 Å². The molecular weight excluding hydrogens is 562 g/mol. The van der Waals surface area contributed by atoms with Gasteiger partial charge >= 0.3 is 6.09 Å². The number of fused-ring (bicyclic) bond motifs is 1. The molecule has 1 aromatic carbocycles. The van der Waals surface area contributed by atoms with Crippen LogP contribution in [0.1, 0.15) is 45.0 Å². The van der Waals surface area contributed by atoms with Crippen LogP contribution in [-0.2, 0) is 27.3 Å². The Bertz CT molecular complexity index is 1590. The van der Waals surface area contributed by atoms with Crippen molar-refractivity contribution in [3.63, 3.8) is 0 Å². The quantitative estimate of drug-likeness (QED) is 0.338. The van der Waals surface area contributed by atoms with E-state index in [1.165, 1.54) is 46.8 Å². The van der Waals surface area contributed by atoms with Gasteiger partial charge in [0.05, 0.1) is 17.6 Å². The summed E-state index contributed by atoms with van der Waals surface area (Å²) in [4.78, 5) is 60.3. The van der Waals surface area contributed by atoms with Gasteiger partial charge in [0.15, 0.2) is 17.7 Å². The average molecular weight is 601 g/mol. The summed E-state index contributed by atoms with van der Waals surface area (Å²) in [5.74, 6) is -2.61. The summed E-state index contributed by atoms with van der Waals surface area (Å²) in [5, 5.41) is 2.53. The van der Waals surface area contributed by atoms with Gasteiger partial charge in [-0.1, -0.05) is 26.8 Å². The number of carbonyl (C=O) groups is 3. The first-order valence-electron chi connectivity index (χ1n) is 13.7. The highest BCUT2D eigenvalue weighted by atomic mass is 19.2. The number of ether oxygens (including phenoxy) is 1. The molecule has 0 radical (unpaired) electrons. The number of carbonyl (C=O) groups excluding carboxylic acids is 3. The predicted molar refractivity (Wildman–Crippen MR) is 159 cm³/mol. The van der Waals surface area contributed by atoms with Crippen molar-refractivity contribution in [3.8, 4) is 0 Å². The van der Waals surface area contributed by atoms with Crippen LogP contribution in [0.4, 0.5) is 19.3 Å². The first-order valence-corrected chi connectivity index (χ1v) is 13.7. The van der Waals surface area contributed by atoms with Gasteiger partial charge in [-0.3, -0.25) is 14.4 Å². The highest BCUT2D eigenvalue weighted by Crippen LogP contribution is 2.29. The number of aromatic nitrogens is 3. The Kier molecular flexibility index (Phi) is 10.4. The fourth-order valence-corrected chi connectivity index (χ4v) is 4.16. The van der Waals surface area contributed by atoms with Crippen molar-refractivity contribution >= 4 is 34.6 Å². The van der Waals surface area contributed by atoms with Crippen molar-refractivity contribution in [3.05, 3.63) is 69.9 Å². The molecule has 3 rings (SSSR count). The summed E-state index contributed by atoms with van der Waals surface area (Å²) in [5.41, 5.74) is -0.234. The van der Waals surface area contributed by atoms with Crippen LogP contribution in [0.15, 0.2) is 41.3 Å². The fraction of sp³-hybridized carbons (Fsp3) is 0.433. The number of anilines is 1. The van der Waals surface area contributed by atoms with E-state index >= 15 is 0 Å². The summed E-state index contributed by atoms with van der Waals surface area (Å²) < 4.78 is 35.7. The molecule has 3 amide bonds. The number of benzene rings is 1. The number of rotatable bonds is 10. The molecule has 2 N–H and O–H groups in total. The number of halogens is 2. The number of amides is 3. The zero-order valence-corrected chi connectivity index (χ0v) is 25.5. The number of hydrogen-bond acceptors (Lipinski definition) is 6. The van der Waals surface area contributed by atoms with Gasteiger partial charge in [0.25, 0.3) is 11.5 Å². The molecule has 43 heavy (non-hydrogen) atoms. The van der Waals surface area contributed by atoms with Crippen LogP contribution in [0, 0.1) is 17.0 Å². The third-order valence-corrected chi connectivity index (χ3v) is 6.32. The SMILES string of the molecule is CN(C)C(=O)/C=C/CCC(OC(=O)N(C)C)C(=O)Nc1cccn(Cc2nc3c(CC(C)(C)C)c(F)c(F)cc3[nH]2)c1=O. The van der Waals surface area contributed by atoms with Crippen molar-refractivity contribution in [2.45, 2.75) is 52.7 Å². The summed E-state index contributed by atoms with van der Waals surface area (Å²) in [7, 11) is 6.14. The third kappa shape index (κ3) is 8.72. The molecule has 13 heteroatoms. The molecule has 0 aliphatic heterocycles. The molecule has 2 aromatic heterocycles. The topological polar surface area (TPSA) is 130 Å². The van der Waals surface area contributed by atoms with Crippen molar-refractivity contribution in [2.24, 2.45) is 5.41 Å². The maximum Gasteiger partial charge on any atom is 0.410 e. The molecule has 0 aliphatic carbocycles. The van der Waals surface area contributed by atoms with E-state index < -0.39 is 35.3 Å². The van der Waals surface area contributed by atoms with E-state index in [0.717, 1.165) is 6.07 Å². The van der Waals surface area contributed by atoms with E-state index in [-0.39, 0.29) is 59.7 Å². The van der Waals surface area contributed by atoms with Gasteiger partial charge < -0.3 is 29.4 Å². The average Bonchev–Trinajstić information content (AvgIpc) is 3.31. The van der Waals surface area contributed by atoms with Crippen LogP contribution >= 0.6 is 0 Å². The van der Waals surface area contributed by atoms with Crippen LogP contribution < -0.4 is 10.9 Å². The van der Waals surface area contributed by atoms with Crippen LogP contribution in [0.5, 0.6) is 0 Å². The molecule has 3 aromatic rings. The molecule has 0 fully saturated rings. The number of nitrogens with one attached hydrogen (secondary N) is 2. The lowest BCUT2D eigenvalue weighted by atomic mass is 9.87. The first-order chi connectivity index (χ1) is 20.1. The minimum absolute atomic E-state index is 0.0622.